The van der Waals surface area contributed by atoms with Gasteiger partial charge in [0.15, 0.2) is 18.0 Å². The van der Waals surface area contributed by atoms with Crippen LogP contribution in [0.25, 0.3) is 0 Å². The Morgan fingerprint density at radius 1 is 1.32 bits per heavy atom. The van der Waals surface area contributed by atoms with Gasteiger partial charge >= 0.3 is 5.69 Å². The van der Waals surface area contributed by atoms with Crippen LogP contribution >= 0.6 is 0 Å². The smallest absolute Gasteiger partial charge is 0.351 e. The molecule has 7 nitrogen and oxygen atoms in total. The first-order valence-corrected chi connectivity index (χ1v) is 9.51. The van der Waals surface area contributed by atoms with E-state index in [1.165, 1.54) is 12.3 Å². The summed E-state index contributed by atoms with van der Waals surface area (Å²) in [7, 11) is 0. The molecule has 0 spiro atoms. The second-order valence-electron chi connectivity index (χ2n) is 6.80. The molecule has 0 unspecified atom stereocenters. The number of hydrogen-bond donors (Lipinski definition) is 1. The van der Waals surface area contributed by atoms with E-state index in [0.29, 0.717) is 12.8 Å². The molecule has 2 rings (SSSR count). The van der Waals surface area contributed by atoms with Gasteiger partial charge in [-0.25, -0.2) is 18.0 Å². The van der Waals surface area contributed by atoms with Gasteiger partial charge in [0.25, 0.3) is 6.43 Å². The van der Waals surface area contributed by atoms with Crippen molar-refractivity contribution in [3.8, 4) is 0 Å². The van der Waals surface area contributed by atoms with Gasteiger partial charge in [0, 0.05) is 19.4 Å². The van der Waals surface area contributed by atoms with Crippen molar-refractivity contribution in [2.75, 3.05) is 25.6 Å². The average molecular weight is 407 g/mol. The van der Waals surface area contributed by atoms with Gasteiger partial charge in [0.2, 0.25) is 0 Å². The highest BCUT2D eigenvalue weighted by atomic mass is 19.3. The van der Waals surface area contributed by atoms with Gasteiger partial charge in [-0.3, -0.25) is 4.57 Å². The van der Waals surface area contributed by atoms with Crippen LogP contribution in [0, 0.1) is 0 Å². The van der Waals surface area contributed by atoms with Crippen molar-refractivity contribution in [2.45, 2.75) is 70.1 Å². The molecule has 0 radical (unpaired) electrons. The molecule has 28 heavy (non-hydrogen) atoms. The first-order valence-electron chi connectivity index (χ1n) is 9.51. The minimum absolute atomic E-state index is 0.0616. The number of anilines is 1. The number of unbranched alkanes of at least 4 members (excludes halogenated alkanes) is 2. The quantitative estimate of drug-likeness (QED) is 0.568. The Hall–Kier alpha value is -1.65. The lowest BCUT2D eigenvalue weighted by Gasteiger charge is -2.33. The molecule has 1 aliphatic rings. The summed E-state index contributed by atoms with van der Waals surface area (Å²) in [6, 6.07) is 1.27. The van der Waals surface area contributed by atoms with E-state index in [9.17, 15) is 13.6 Å². The van der Waals surface area contributed by atoms with Gasteiger partial charge in [0.05, 0.1) is 6.61 Å². The fourth-order valence-corrected chi connectivity index (χ4v) is 3.03. The van der Waals surface area contributed by atoms with Gasteiger partial charge in [-0.15, -0.1) is 0 Å². The Morgan fingerprint density at radius 3 is 2.61 bits per heavy atom. The Bertz CT molecular complexity index is 676. The number of ether oxygens (including phenoxy) is 3. The number of rotatable bonds is 11. The van der Waals surface area contributed by atoms with E-state index in [2.05, 4.69) is 4.98 Å². The number of nitrogen functional groups attached to an aromatic ring is 1. The normalized spacial score (nSPS) is 27.6. The lowest BCUT2D eigenvalue weighted by atomic mass is 9.96. The highest BCUT2D eigenvalue weighted by Crippen LogP contribution is 2.44. The zero-order valence-electron chi connectivity index (χ0n) is 16.2. The molecule has 2 heterocycles. The molecule has 4 atom stereocenters. The van der Waals surface area contributed by atoms with E-state index in [4.69, 9.17) is 19.9 Å². The van der Waals surface area contributed by atoms with Crippen LogP contribution in [0.15, 0.2) is 17.1 Å². The fourth-order valence-electron chi connectivity index (χ4n) is 3.03. The van der Waals surface area contributed by atoms with Crippen LogP contribution in [0.1, 0.15) is 45.8 Å². The first kappa shape index (κ1) is 22.6. The molecule has 1 aromatic heterocycles. The van der Waals surface area contributed by atoms with Crippen molar-refractivity contribution in [3.63, 3.8) is 0 Å². The zero-order chi connectivity index (χ0) is 20.7. The summed E-state index contributed by atoms with van der Waals surface area (Å²) in [5, 5.41) is 0. The maximum Gasteiger partial charge on any atom is 0.351 e. The van der Waals surface area contributed by atoms with Crippen LogP contribution in [0.3, 0.4) is 0 Å². The van der Waals surface area contributed by atoms with E-state index in [0.717, 1.165) is 17.4 Å². The summed E-state index contributed by atoms with van der Waals surface area (Å²) in [6.07, 6.45) is -4.30. The Labute approximate surface area is 162 Å². The van der Waals surface area contributed by atoms with Crippen LogP contribution in [0.5, 0.6) is 0 Å². The number of aromatic nitrogens is 2. The van der Waals surface area contributed by atoms with E-state index < -0.39 is 42.8 Å². The lowest BCUT2D eigenvalue weighted by Crippen LogP contribution is -2.53. The molecule has 160 valence electrons. The molecule has 0 saturated carbocycles. The second kappa shape index (κ2) is 10.2. The highest BCUT2D eigenvalue weighted by molar-refractivity contribution is 5.23. The maximum absolute atomic E-state index is 15.2. The Kier molecular flexibility index (Phi) is 8.26. The molecule has 10 heteroatoms. The molecular formula is C18H28F3N3O4. The van der Waals surface area contributed by atoms with Crippen LogP contribution in [-0.2, 0) is 14.2 Å². The van der Waals surface area contributed by atoms with Crippen molar-refractivity contribution in [3.05, 3.63) is 22.7 Å². The molecule has 0 bridgehead atoms. The largest absolute Gasteiger partial charge is 0.383 e. The minimum atomic E-state index is -3.08. The average Bonchev–Trinajstić information content (AvgIpc) is 2.93. The van der Waals surface area contributed by atoms with Crippen molar-refractivity contribution in [1.82, 2.24) is 9.55 Å². The van der Waals surface area contributed by atoms with Crippen molar-refractivity contribution < 1.29 is 27.4 Å². The van der Waals surface area contributed by atoms with Gasteiger partial charge in [-0.05, 0) is 18.9 Å². The van der Waals surface area contributed by atoms with Gasteiger partial charge in [-0.1, -0.05) is 26.7 Å². The van der Waals surface area contributed by atoms with Gasteiger partial charge in [-0.2, -0.15) is 4.98 Å². The van der Waals surface area contributed by atoms with Crippen molar-refractivity contribution in [2.24, 2.45) is 0 Å². The third-order valence-corrected chi connectivity index (χ3v) is 4.64. The van der Waals surface area contributed by atoms with Crippen LogP contribution in [-0.4, -0.2) is 53.7 Å². The second-order valence-corrected chi connectivity index (χ2v) is 6.80. The van der Waals surface area contributed by atoms with Gasteiger partial charge < -0.3 is 19.9 Å². The number of halogens is 3. The zero-order valence-corrected chi connectivity index (χ0v) is 16.2. The number of nitrogens with two attached hydrogens (primary N) is 1. The third-order valence-electron chi connectivity index (χ3n) is 4.64. The number of hydrogen-bond acceptors (Lipinski definition) is 6. The Morgan fingerprint density at radius 2 is 2.00 bits per heavy atom. The highest BCUT2D eigenvalue weighted by Gasteiger charge is 2.62. The topological polar surface area (TPSA) is 88.6 Å². The van der Waals surface area contributed by atoms with Crippen molar-refractivity contribution in [1.29, 1.82) is 0 Å². The molecule has 1 saturated heterocycles. The maximum atomic E-state index is 15.2. The lowest BCUT2D eigenvalue weighted by molar-refractivity contribution is -0.212. The molecular weight excluding hydrogens is 379 g/mol. The fraction of sp³-hybridized carbons (Fsp3) is 0.778. The first-order chi connectivity index (χ1) is 13.4. The number of alkyl halides is 3. The van der Waals surface area contributed by atoms with Crippen molar-refractivity contribution >= 4 is 5.82 Å². The predicted molar refractivity (Wildman–Crippen MR) is 97.0 cm³/mol. The monoisotopic (exact) mass is 407 g/mol. The summed E-state index contributed by atoms with van der Waals surface area (Å²) in [6.45, 7) is 3.62. The summed E-state index contributed by atoms with van der Waals surface area (Å²) in [5.41, 5.74) is 2.22. The number of nitrogens with zero attached hydrogens (tertiary/aromatic N) is 2. The summed E-state index contributed by atoms with van der Waals surface area (Å²) in [5.74, 6) is -0.0616. The molecule has 0 aromatic carbocycles. The molecule has 0 amide bonds. The van der Waals surface area contributed by atoms with E-state index in [-0.39, 0.29) is 19.0 Å². The van der Waals surface area contributed by atoms with E-state index in [1.807, 2.05) is 13.8 Å². The van der Waals surface area contributed by atoms with Crippen LogP contribution < -0.4 is 11.4 Å². The summed E-state index contributed by atoms with van der Waals surface area (Å²) in [4.78, 5) is 15.6. The predicted octanol–water partition coefficient (Wildman–Crippen LogP) is 2.70. The van der Waals surface area contributed by atoms with Crippen LogP contribution in [0.4, 0.5) is 19.0 Å². The standard InChI is InChI=1S/C18H28F3N3O4/c1-3-5-9-26-11-18(16(20)21)14(27-10-6-4-2)13(19)15(28-18)24-8-7-12(22)23-17(24)25/h7-8,13-16H,3-6,9-11H2,1-2H3,(H2,22,23,25)/t13-,14+,15-,18-/m1/s1. The molecule has 2 N–H and O–H groups in total. The Balaban J connectivity index is 2.33. The van der Waals surface area contributed by atoms with Gasteiger partial charge in [0.1, 0.15) is 11.9 Å². The van der Waals surface area contributed by atoms with E-state index >= 15 is 4.39 Å². The molecule has 1 aliphatic heterocycles. The molecule has 0 aliphatic carbocycles. The van der Waals surface area contributed by atoms with E-state index in [1.54, 1.807) is 0 Å². The molecule has 1 aromatic rings. The minimum Gasteiger partial charge on any atom is -0.383 e. The van der Waals surface area contributed by atoms with Crippen LogP contribution in [0.2, 0.25) is 0 Å². The molecule has 1 fully saturated rings. The third kappa shape index (κ3) is 4.84. The summed E-state index contributed by atoms with van der Waals surface area (Å²) >= 11 is 0. The SMILES string of the molecule is CCCCOC[C@@]1(C(F)F)O[C@@H](n2ccc(N)nc2=O)[C@H](F)[C@@H]1OCCCC. The summed E-state index contributed by atoms with van der Waals surface area (Å²) < 4.78 is 60.6.